The van der Waals surface area contributed by atoms with Crippen molar-refractivity contribution in [2.75, 3.05) is 0 Å². The van der Waals surface area contributed by atoms with Gasteiger partial charge >= 0.3 is 0 Å². The van der Waals surface area contributed by atoms with E-state index in [1.54, 1.807) is 6.08 Å². The topological polar surface area (TPSA) is 47.7 Å². The van der Waals surface area contributed by atoms with Crippen molar-refractivity contribution < 1.29 is 0 Å². The second kappa shape index (κ2) is 3.39. The molecule has 1 aromatic rings. The third-order valence-electron chi connectivity index (χ3n) is 2.29. The van der Waals surface area contributed by atoms with Crippen molar-refractivity contribution in [3.63, 3.8) is 0 Å². The Morgan fingerprint density at radius 1 is 1.36 bits per heavy atom. The van der Waals surface area contributed by atoms with Crippen LogP contribution in [-0.4, -0.2) is 10.9 Å². The van der Waals surface area contributed by atoms with Crippen molar-refractivity contribution in [3.05, 3.63) is 47.0 Å². The standard InChI is InChI=1S/C11H9ClN2/c12-10(13)6-8-5-7-3-1-2-4-9(7)11(8)14/h1-4,6,13-14H,5H2/b8-6-,13-10?,14-11?. The van der Waals surface area contributed by atoms with Crippen LogP contribution in [0.1, 0.15) is 11.1 Å². The lowest BCUT2D eigenvalue weighted by Crippen LogP contribution is -1.96. The van der Waals surface area contributed by atoms with Crippen molar-refractivity contribution in [1.82, 2.24) is 0 Å². The average molecular weight is 205 g/mol. The molecule has 2 rings (SSSR count). The fraction of sp³-hybridized carbons (Fsp3) is 0.0909. The van der Waals surface area contributed by atoms with E-state index in [-0.39, 0.29) is 5.17 Å². The van der Waals surface area contributed by atoms with Crippen molar-refractivity contribution in [2.24, 2.45) is 0 Å². The largest absolute Gasteiger partial charge is 0.300 e. The predicted molar refractivity (Wildman–Crippen MR) is 58.6 cm³/mol. The molecular formula is C11H9ClN2. The van der Waals surface area contributed by atoms with Crippen LogP contribution >= 0.6 is 11.6 Å². The molecule has 2 N–H and O–H groups in total. The molecule has 0 fully saturated rings. The van der Waals surface area contributed by atoms with Gasteiger partial charge in [-0.1, -0.05) is 35.9 Å². The maximum Gasteiger partial charge on any atom is 0.121 e. The number of benzene rings is 1. The molecule has 2 nitrogen and oxygen atoms in total. The molecule has 1 aliphatic rings. The predicted octanol–water partition coefficient (Wildman–Crippen LogP) is 2.75. The molecule has 1 aromatic carbocycles. The van der Waals surface area contributed by atoms with Crippen LogP contribution in [0.4, 0.5) is 0 Å². The molecule has 0 heterocycles. The Kier molecular flexibility index (Phi) is 2.22. The van der Waals surface area contributed by atoms with Gasteiger partial charge in [-0.15, -0.1) is 0 Å². The van der Waals surface area contributed by atoms with Crippen molar-refractivity contribution in [3.8, 4) is 0 Å². The molecule has 1 aliphatic carbocycles. The summed E-state index contributed by atoms with van der Waals surface area (Å²) < 4.78 is 0. The van der Waals surface area contributed by atoms with E-state index in [1.807, 2.05) is 24.3 Å². The summed E-state index contributed by atoms with van der Waals surface area (Å²) in [7, 11) is 0. The van der Waals surface area contributed by atoms with Crippen LogP contribution in [0.5, 0.6) is 0 Å². The van der Waals surface area contributed by atoms with E-state index in [2.05, 4.69) is 0 Å². The molecular weight excluding hydrogens is 196 g/mol. The fourth-order valence-corrected chi connectivity index (χ4v) is 1.79. The molecule has 0 atom stereocenters. The highest BCUT2D eigenvalue weighted by atomic mass is 35.5. The van der Waals surface area contributed by atoms with Gasteiger partial charge in [-0.05, 0) is 17.2 Å². The lowest BCUT2D eigenvalue weighted by Gasteiger charge is -1.95. The highest BCUT2D eigenvalue weighted by Gasteiger charge is 2.20. The summed E-state index contributed by atoms with van der Waals surface area (Å²) in [4.78, 5) is 0. The minimum absolute atomic E-state index is 0.0162. The molecule has 0 spiro atoms. The van der Waals surface area contributed by atoms with E-state index in [9.17, 15) is 0 Å². The van der Waals surface area contributed by atoms with E-state index in [0.29, 0.717) is 12.1 Å². The summed E-state index contributed by atoms with van der Waals surface area (Å²) in [6, 6.07) is 7.81. The van der Waals surface area contributed by atoms with E-state index in [0.717, 1.165) is 16.7 Å². The van der Waals surface area contributed by atoms with Gasteiger partial charge in [0, 0.05) is 12.0 Å². The molecule has 0 aromatic heterocycles. The molecule has 0 amide bonds. The monoisotopic (exact) mass is 204 g/mol. The zero-order valence-corrected chi connectivity index (χ0v) is 8.23. The second-order valence-electron chi connectivity index (χ2n) is 3.23. The summed E-state index contributed by atoms with van der Waals surface area (Å²) in [5, 5.41) is 15.0. The summed E-state index contributed by atoms with van der Waals surface area (Å²) in [6.07, 6.45) is 2.26. The number of hydrogen-bond acceptors (Lipinski definition) is 2. The highest BCUT2D eigenvalue weighted by Crippen LogP contribution is 2.25. The maximum absolute atomic E-state index is 7.86. The zero-order valence-electron chi connectivity index (χ0n) is 7.47. The fourth-order valence-electron chi connectivity index (χ4n) is 1.66. The average Bonchev–Trinajstić information content (AvgIpc) is 2.44. The Morgan fingerprint density at radius 3 is 2.71 bits per heavy atom. The highest BCUT2D eigenvalue weighted by molar-refractivity contribution is 6.67. The lowest BCUT2D eigenvalue weighted by atomic mass is 10.1. The van der Waals surface area contributed by atoms with Crippen LogP contribution in [0.3, 0.4) is 0 Å². The van der Waals surface area contributed by atoms with Crippen molar-refractivity contribution in [2.45, 2.75) is 6.42 Å². The first-order valence-electron chi connectivity index (χ1n) is 4.30. The Morgan fingerprint density at radius 2 is 2.07 bits per heavy atom. The summed E-state index contributed by atoms with van der Waals surface area (Å²) in [5.74, 6) is 0. The van der Waals surface area contributed by atoms with E-state index in [4.69, 9.17) is 22.4 Å². The number of halogens is 1. The number of fused-ring (bicyclic) bond motifs is 1. The number of nitrogens with one attached hydrogen (secondary N) is 2. The van der Waals surface area contributed by atoms with Crippen LogP contribution in [-0.2, 0) is 6.42 Å². The molecule has 14 heavy (non-hydrogen) atoms. The Bertz CT molecular complexity index is 446. The van der Waals surface area contributed by atoms with Crippen LogP contribution in [0.2, 0.25) is 0 Å². The summed E-state index contributed by atoms with van der Waals surface area (Å²) in [5.41, 5.74) is 3.41. The number of allylic oxidation sites excluding steroid dienone is 2. The Labute approximate surface area is 87.2 Å². The first-order valence-corrected chi connectivity index (χ1v) is 4.68. The van der Waals surface area contributed by atoms with Gasteiger partial charge in [-0.3, -0.25) is 10.8 Å². The van der Waals surface area contributed by atoms with Gasteiger partial charge < -0.3 is 0 Å². The minimum Gasteiger partial charge on any atom is -0.300 e. The first-order chi connectivity index (χ1) is 6.68. The van der Waals surface area contributed by atoms with Gasteiger partial charge in [0.05, 0.1) is 5.71 Å². The maximum atomic E-state index is 7.86. The third kappa shape index (κ3) is 1.49. The molecule has 0 saturated heterocycles. The van der Waals surface area contributed by atoms with Crippen LogP contribution in [0.25, 0.3) is 0 Å². The van der Waals surface area contributed by atoms with Gasteiger partial charge in [0.25, 0.3) is 0 Å². The van der Waals surface area contributed by atoms with Crippen molar-refractivity contribution in [1.29, 1.82) is 10.8 Å². The van der Waals surface area contributed by atoms with Gasteiger partial charge in [0.1, 0.15) is 5.17 Å². The second-order valence-corrected chi connectivity index (χ2v) is 3.63. The van der Waals surface area contributed by atoms with Gasteiger partial charge in [0.2, 0.25) is 0 Å². The third-order valence-corrected chi connectivity index (χ3v) is 2.40. The molecule has 70 valence electrons. The summed E-state index contributed by atoms with van der Waals surface area (Å²) in [6.45, 7) is 0. The van der Waals surface area contributed by atoms with Gasteiger partial charge in [-0.25, -0.2) is 0 Å². The molecule has 0 radical (unpaired) electrons. The van der Waals surface area contributed by atoms with E-state index in [1.165, 1.54) is 0 Å². The van der Waals surface area contributed by atoms with E-state index < -0.39 is 0 Å². The first kappa shape index (κ1) is 9.16. The molecule has 0 bridgehead atoms. The quantitative estimate of drug-likeness (QED) is 0.661. The van der Waals surface area contributed by atoms with Gasteiger partial charge in [0.15, 0.2) is 0 Å². The summed E-state index contributed by atoms with van der Waals surface area (Å²) >= 11 is 5.48. The SMILES string of the molecule is N=C(Cl)/C=C1/Cc2ccccc2C1=N. The number of hydrogen-bond donors (Lipinski definition) is 2. The normalized spacial score (nSPS) is 17.2. The minimum atomic E-state index is -0.0162. The van der Waals surface area contributed by atoms with Gasteiger partial charge in [-0.2, -0.15) is 0 Å². The smallest absolute Gasteiger partial charge is 0.121 e. The number of rotatable bonds is 1. The molecule has 0 saturated carbocycles. The van der Waals surface area contributed by atoms with Crippen molar-refractivity contribution >= 4 is 22.5 Å². The van der Waals surface area contributed by atoms with Crippen LogP contribution in [0.15, 0.2) is 35.9 Å². The van der Waals surface area contributed by atoms with Crippen LogP contribution in [0, 0.1) is 10.8 Å². The molecule has 3 heteroatoms. The van der Waals surface area contributed by atoms with Crippen LogP contribution < -0.4 is 0 Å². The molecule has 0 unspecified atom stereocenters. The Hall–Kier alpha value is -1.41. The molecule has 0 aliphatic heterocycles. The lowest BCUT2D eigenvalue weighted by molar-refractivity contribution is 1.27. The van der Waals surface area contributed by atoms with E-state index >= 15 is 0 Å². The zero-order chi connectivity index (χ0) is 10.1. The Balaban J connectivity index is 2.44.